The van der Waals surface area contributed by atoms with Gasteiger partial charge in [-0.3, -0.25) is 4.79 Å². The number of carbonyl (C=O) groups is 1. The average Bonchev–Trinajstić information content (AvgIpc) is 3.19. The van der Waals surface area contributed by atoms with E-state index in [1.165, 1.54) is 0 Å². The largest absolute Gasteiger partial charge is 0.458 e. The SMILES string of the molecule is CC.Cc1c(F)c(Cl)c2nc3c(c4c2c1CCC4)Cn1c-3cc2c(c1=O)COC(=O)C2O. The van der Waals surface area contributed by atoms with E-state index in [1.807, 2.05) is 13.8 Å². The molecule has 32 heavy (non-hydrogen) atoms. The van der Waals surface area contributed by atoms with E-state index in [9.17, 15) is 19.1 Å². The third-order valence-electron chi connectivity index (χ3n) is 6.62. The molecule has 0 saturated heterocycles. The van der Waals surface area contributed by atoms with Gasteiger partial charge in [0.2, 0.25) is 0 Å². The Kier molecular flexibility index (Phi) is 4.87. The molecule has 2 aromatic heterocycles. The molecule has 0 fully saturated rings. The molecule has 6 rings (SSSR count). The molecule has 0 spiro atoms. The summed E-state index contributed by atoms with van der Waals surface area (Å²) >= 11 is 6.37. The lowest BCUT2D eigenvalue weighted by atomic mass is 9.84. The number of aliphatic hydroxyl groups excluding tert-OH is 1. The highest BCUT2D eigenvalue weighted by Gasteiger charge is 2.35. The molecule has 0 bridgehead atoms. The fraction of sp³-hybridized carbons (Fsp3) is 0.375. The van der Waals surface area contributed by atoms with Gasteiger partial charge in [0.1, 0.15) is 17.4 Å². The van der Waals surface area contributed by atoms with Gasteiger partial charge in [-0.25, -0.2) is 14.2 Å². The highest BCUT2D eigenvalue weighted by Crippen LogP contribution is 2.44. The molecule has 2 aliphatic heterocycles. The van der Waals surface area contributed by atoms with Crippen LogP contribution in [0.5, 0.6) is 0 Å². The molecule has 1 unspecified atom stereocenters. The van der Waals surface area contributed by atoms with Crippen molar-refractivity contribution in [3.05, 3.63) is 60.6 Å². The molecule has 1 N–H and O–H groups in total. The molecule has 0 amide bonds. The van der Waals surface area contributed by atoms with Crippen molar-refractivity contribution in [2.45, 2.75) is 59.3 Å². The van der Waals surface area contributed by atoms with E-state index in [1.54, 1.807) is 17.6 Å². The molecule has 166 valence electrons. The molecule has 3 aliphatic rings. The molecule has 4 heterocycles. The van der Waals surface area contributed by atoms with Crippen LogP contribution in [0.4, 0.5) is 4.39 Å². The minimum Gasteiger partial charge on any atom is -0.458 e. The van der Waals surface area contributed by atoms with Crippen molar-refractivity contribution in [1.82, 2.24) is 9.55 Å². The highest BCUT2D eigenvalue weighted by atomic mass is 35.5. The Balaban J connectivity index is 0.00000105. The van der Waals surface area contributed by atoms with Gasteiger partial charge < -0.3 is 14.4 Å². The summed E-state index contributed by atoms with van der Waals surface area (Å²) in [6.45, 7) is 5.92. The monoisotopic (exact) mass is 456 g/mol. The van der Waals surface area contributed by atoms with Crippen LogP contribution in [0.25, 0.3) is 22.3 Å². The van der Waals surface area contributed by atoms with Crippen LogP contribution in [0.1, 0.15) is 59.8 Å². The second kappa shape index (κ2) is 7.39. The Morgan fingerprint density at radius 3 is 2.66 bits per heavy atom. The van der Waals surface area contributed by atoms with Crippen LogP contribution < -0.4 is 5.56 Å². The highest BCUT2D eigenvalue weighted by molar-refractivity contribution is 6.35. The number of aliphatic hydroxyl groups is 1. The van der Waals surface area contributed by atoms with Crippen LogP contribution in [0.3, 0.4) is 0 Å². The lowest BCUT2D eigenvalue weighted by Crippen LogP contribution is -2.32. The molecule has 6 nitrogen and oxygen atoms in total. The van der Waals surface area contributed by atoms with Crippen molar-refractivity contribution in [2.24, 2.45) is 0 Å². The summed E-state index contributed by atoms with van der Waals surface area (Å²) < 4.78 is 21.3. The Labute approximate surface area is 188 Å². The second-order valence-electron chi connectivity index (χ2n) is 8.09. The summed E-state index contributed by atoms with van der Waals surface area (Å²) in [4.78, 5) is 29.6. The number of nitrogens with zero attached hydrogens (tertiary/aromatic N) is 2. The first-order valence-electron chi connectivity index (χ1n) is 10.8. The van der Waals surface area contributed by atoms with E-state index >= 15 is 0 Å². The van der Waals surface area contributed by atoms with Gasteiger partial charge in [0.15, 0.2) is 6.10 Å². The maximum Gasteiger partial charge on any atom is 0.340 e. The normalized spacial score (nSPS) is 17.8. The number of cyclic esters (lactones) is 1. The Bertz CT molecular complexity index is 1400. The third-order valence-corrected chi connectivity index (χ3v) is 6.97. The zero-order chi connectivity index (χ0) is 22.9. The quantitative estimate of drug-likeness (QED) is 0.402. The smallest absolute Gasteiger partial charge is 0.340 e. The zero-order valence-corrected chi connectivity index (χ0v) is 18.8. The third kappa shape index (κ3) is 2.64. The summed E-state index contributed by atoms with van der Waals surface area (Å²) in [7, 11) is 0. The Morgan fingerprint density at radius 1 is 1.19 bits per heavy atom. The van der Waals surface area contributed by atoms with Gasteiger partial charge in [0.05, 0.1) is 29.0 Å². The number of esters is 1. The number of halogens is 2. The number of aromatic nitrogens is 2. The number of carbonyl (C=O) groups excluding carboxylic acids is 1. The molecule has 8 heteroatoms. The van der Waals surface area contributed by atoms with E-state index in [-0.39, 0.29) is 28.3 Å². The predicted molar refractivity (Wildman–Crippen MR) is 118 cm³/mol. The van der Waals surface area contributed by atoms with Crippen LogP contribution in [0.2, 0.25) is 5.02 Å². The number of hydrogen-bond donors (Lipinski definition) is 1. The molecule has 1 atom stereocenters. The van der Waals surface area contributed by atoms with Gasteiger partial charge in [0, 0.05) is 16.5 Å². The van der Waals surface area contributed by atoms with E-state index in [4.69, 9.17) is 21.3 Å². The van der Waals surface area contributed by atoms with Gasteiger partial charge in [-0.1, -0.05) is 25.4 Å². The van der Waals surface area contributed by atoms with Gasteiger partial charge in [-0.15, -0.1) is 0 Å². The van der Waals surface area contributed by atoms with Crippen molar-refractivity contribution in [3.8, 4) is 11.4 Å². The minimum absolute atomic E-state index is 0.0143. The number of fused-ring (bicyclic) bond motifs is 5. The van der Waals surface area contributed by atoms with E-state index in [2.05, 4.69) is 0 Å². The number of ether oxygens (including phenoxy) is 1. The van der Waals surface area contributed by atoms with Crippen LogP contribution in [-0.2, 0) is 35.5 Å². The number of benzene rings is 1. The Hall–Kier alpha value is -2.77. The second-order valence-corrected chi connectivity index (χ2v) is 8.47. The molecular weight excluding hydrogens is 435 g/mol. The molecule has 0 saturated carbocycles. The standard InChI is InChI=1S/C22H16ClFN2O4.C2H6/c1-8-9-3-2-4-10-12-6-26-14(18(12)25-19(15(9)10)16(23)17(8)24)5-11-13(21(26)28)7-30-22(29)20(11)27;1-2/h5,20,27H,2-4,6-7H2,1H3;1-2H3. The maximum absolute atomic E-state index is 14.8. The number of rotatable bonds is 0. The first kappa shape index (κ1) is 21.1. The van der Waals surface area contributed by atoms with Crippen molar-refractivity contribution in [3.63, 3.8) is 0 Å². The Morgan fingerprint density at radius 2 is 1.91 bits per heavy atom. The summed E-state index contributed by atoms with van der Waals surface area (Å²) in [5.74, 6) is -1.24. The van der Waals surface area contributed by atoms with Crippen LogP contribution in [-0.4, -0.2) is 20.6 Å². The van der Waals surface area contributed by atoms with Crippen LogP contribution in [0, 0.1) is 12.7 Å². The topological polar surface area (TPSA) is 81.4 Å². The number of hydrogen-bond acceptors (Lipinski definition) is 5. The first-order valence-corrected chi connectivity index (χ1v) is 11.2. The van der Waals surface area contributed by atoms with Crippen molar-refractivity contribution in [2.75, 3.05) is 0 Å². The van der Waals surface area contributed by atoms with Crippen molar-refractivity contribution < 1.29 is 19.0 Å². The van der Waals surface area contributed by atoms with Crippen molar-refractivity contribution >= 4 is 28.5 Å². The fourth-order valence-electron chi connectivity index (χ4n) is 5.11. The van der Waals surface area contributed by atoms with Gasteiger partial charge in [-0.2, -0.15) is 0 Å². The van der Waals surface area contributed by atoms with E-state index in [0.29, 0.717) is 29.0 Å². The minimum atomic E-state index is -1.51. The fourth-order valence-corrected chi connectivity index (χ4v) is 5.39. The maximum atomic E-state index is 14.8. The summed E-state index contributed by atoms with van der Waals surface area (Å²) in [6, 6.07) is 1.63. The zero-order valence-electron chi connectivity index (χ0n) is 18.0. The average molecular weight is 457 g/mol. The summed E-state index contributed by atoms with van der Waals surface area (Å²) in [6.07, 6.45) is 0.924. The summed E-state index contributed by atoms with van der Waals surface area (Å²) in [5.41, 5.74) is 5.13. The molecule has 3 aromatic rings. The van der Waals surface area contributed by atoms with E-state index in [0.717, 1.165) is 41.3 Å². The van der Waals surface area contributed by atoms with E-state index < -0.39 is 17.9 Å². The lowest BCUT2D eigenvalue weighted by molar-refractivity contribution is -0.157. The lowest BCUT2D eigenvalue weighted by Gasteiger charge is -2.23. The molecule has 1 aromatic carbocycles. The van der Waals surface area contributed by atoms with Gasteiger partial charge in [-0.05, 0) is 48.9 Å². The molecule has 0 radical (unpaired) electrons. The molecule has 1 aliphatic carbocycles. The van der Waals surface area contributed by atoms with Gasteiger partial charge in [0.25, 0.3) is 5.56 Å². The number of aryl methyl sites for hydroxylation is 2. The molecular formula is C24H22ClFN2O4. The number of pyridine rings is 2. The van der Waals surface area contributed by atoms with Crippen molar-refractivity contribution in [1.29, 1.82) is 0 Å². The van der Waals surface area contributed by atoms with Gasteiger partial charge >= 0.3 is 5.97 Å². The van der Waals surface area contributed by atoms with Crippen LogP contribution in [0.15, 0.2) is 10.9 Å². The first-order chi connectivity index (χ1) is 15.4. The van der Waals surface area contributed by atoms with Crippen LogP contribution >= 0.6 is 11.6 Å². The summed E-state index contributed by atoms with van der Waals surface area (Å²) in [5, 5.41) is 11.1. The predicted octanol–water partition coefficient (Wildman–Crippen LogP) is 4.13.